The highest BCUT2D eigenvalue weighted by Gasteiger charge is 2.21. The Bertz CT molecular complexity index is 716. The van der Waals surface area contributed by atoms with Gasteiger partial charge in [0.05, 0.1) is 5.92 Å². The van der Waals surface area contributed by atoms with Crippen LogP contribution in [0.25, 0.3) is 11.0 Å². The fourth-order valence-corrected chi connectivity index (χ4v) is 2.46. The van der Waals surface area contributed by atoms with Gasteiger partial charge in [0.1, 0.15) is 11.4 Å². The summed E-state index contributed by atoms with van der Waals surface area (Å²) < 4.78 is 0. The molecule has 1 radical (unpaired) electrons. The van der Waals surface area contributed by atoms with Crippen molar-refractivity contribution in [3.63, 3.8) is 0 Å². The van der Waals surface area contributed by atoms with Crippen LogP contribution in [0.4, 0.5) is 0 Å². The number of aromatic amines is 1. The Balaban J connectivity index is 2.21. The first-order valence-corrected chi connectivity index (χ1v) is 6.16. The lowest BCUT2D eigenvalue weighted by molar-refractivity contribution is -0.117. The zero-order valence-electron chi connectivity index (χ0n) is 10.6. The summed E-state index contributed by atoms with van der Waals surface area (Å²) in [6.07, 6.45) is 3.58. The standard InChI is InChI=1S/C16H13N2O/c1-11(19)15(12-5-3-2-4-6-12)13-7-9-17-16-14(13)8-10-18-16/h3-10,15H,1H3,(H,17,18). The number of nitrogens with one attached hydrogen (secondary N) is 1. The van der Waals surface area contributed by atoms with Crippen LogP contribution in [0.2, 0.25) is 0 Å². The minimum atomic E-state index is -0.254. The minimum absolute atomic E-state index is 0.125. The zero-order valence-corrected chi connectivity index (χ0v) is 10.6. The average Bonchev–Trinajstić information content (AvgIpc) is 2.89. The Labute approximate surface area is 111 Å². The number of H-pyrrole nitrogens is 1. The molecular weight excluding hydrogens is 236 g/mol. The van der Waals surface area contributed by atoms with E-state index in [9.17, 15) is 4.79 Å². The number of hydrogen-bond acceptors (Lipinski definition) is 2. The van der Waals surface area contributed by atoms with Gasteiger partial charge >= 0.3 is 0 Å². The zero-order chi connectivity index (χ0) is 13.2. The summed E-state index contributed by atoms with van der Waals surface area (Å²) in [7, 11) is 0. The largest absolute Gasteiger partial charge is 0.346 e. The van der Waals surface area contributed by atoms with Crippen LogP contribution in [0.5, 0.6) is 0 Å². The summed E-state index contributed by atoms with van der Waals surface area (Å²) in [5.74, 6) is -0.129. The first kappa shape index (κ1) is 11.7. The van der Waals surface area contributed by atoms with Crippen molar-refractivity contribution in [2.45, 2.75) is 12.8 Å². The number of nitrogens with zero attached hydrogens (tertiary/aromatic N) is 1. The molecule has 3 nitrogen and oxygen atoms in total. The lowest BCUT2D eigenvalue weighted by Gasteiger charge is -2.15. The van der Waals surface area contributed by atoms with Crippen LogP contribution in [0.1, 0.15) is 24.0 Å². The van der Waals surface area contributed by atoms with E-state index in [0.29, 0.717) is 0 Å². The van der Waals surface area contributed by atoms with Gasteiger partial charge in [0, 0.05) is 17.8 Å². The topological polar surface area (TPSA) is 45.8 Å². The Morgan fingerprint density at radius 1 is 1.26 bits per heavy atom. The SMILES string of the molecule is CC(=O)C(c1cc[c]cc1)c1ccnc2[nH]ccc12. The average molecular weight is 249 g/mol. The molecule has 2 heterocycles. The van der Waals surface area contributed by atoms with E-state index < -0.39 is 0 Å². The van der Waals surface area contributed by atoms with E-state index in [1.807, 2.05) is 42.6 Å². The van der Waals surface area contributed by atoms with Crippen LogP contribution in [-0.4, -0.2) is 15.8 Å². The molecule has 0 amide bonds. The van der Waals surface area contributed by atoms with Gasteiger partial charge in [-0.3, -0.25) is 4.79 Å². The minimum Gasteiger partial charge on any atom is -0.346 e. The molecule has 0 bridgehead atoms. The summed E-state index contributed by atoms with van der Waals surface area (Å²) in [5.41, 5.74) is 2.79. The van der Waals surface area contributed by atoms with E-state index in [2.05, 4.69) is 16.0 Å². The van der Waals surface area contributed by atoms with E-state index in [4.69, 9.17) is 0 Å². The van der Waals surface area contributed by atoms with E-state index in [1.165, 1.54) is 0 Å². The molecule has 19 heavy (non-hydrogen) atoms. The van der Waals surface area contributed by atoms with E-state index in [0.717, 1.165) is 22.2 Å². The van der Waals surface area contributed by atoms with Gasteiger partial charge in [-0.2, -0.15) is 0 Å². The van der Waals surface area contributed by atoms with Gasteiger partial charge in [0.15, 0.2) is 0 Å². The van der Waals surface area contributed by atoms with E-state index >= 15 is 0 Å². The molecule has 1 atom stereocenters. The molecule has 0 saturated heterocycles. The summed E-state index contributed by atoms with van der Waals surface area (Å²) >= 11 is 0. The van der Waals surface area contributed by atoms with Crippen LogP contribution >= 0.6 is 0 Å². The van der Waals surface area contributed by atoms with Crippen molar-refractivity contribution in [3.05, 3.63) is 66.0 Å². The van der Waals surface area contributed by atoms with Crippen molar-refractivity contribution in [3.8, 4) is 0 Å². The number of rotatable bonds is 3. The van der Waals surface area contributed by atoms with Crippen molar-refractivity contribution < 1.29 is 4.79 Å². The Hall–Kier alpha value is -2.42. The number of pyridine rings is 1. The Morgan fingerprint density at radius 3 is 2.79 bits per heavy atom. The molecule has 1 unspecified atom stereocenters. The molecule has 0 aliphatic heterocycles. The number of carbonyl (C=O) groups is 1. The predicted octanol–water partition coefficient (Wildman–Crippen LogP) is 3.08. The Morgan fingerprint density at radius 2 is 2.05 bits per heavy atom. The van der Waals surface area contributed by atoms with Gasteiger partial charge in [-0.15, -0.1) is 0 Å². The van der Waals surface area contributed by atoms with E-state index in [-0.39, 0.29) is 11.7 Å². The summed E-state index contributed by atoms with van der Waals surface area (Å²) in [5, 5.41) is 0.996. The van der Waals surface area contributed by atoms with Gasteiger partial charge in [-0.1, -0.05) is 24.3 Å². The van der Waals surface area contributed by atoms with Gasteiger partial charge in [-0.25, -0.2) is 4.98 Å². The van der Waals surface area contributed by atoms with Crippen molar-refractivity contribution in [1.29, 1.82) is 0 Å². The third-order valence-corrected chi connectivity index (χ3v) is 3.29. The van der Waals surface area contributed by atoms with E-state index in [1.54, 1.807) is 13.1 Å². The second kappa shape index (κ2) is 4.69. The van der Waals surface area contributed by atoms with Gasteiger partial charge in [-0.05, 0) is 36.2 Å². The van der Waals surface area contributed by atoms with Gasteiger partial charge < -0.3 is 4.98 Å². The van der Waals surface area contributed by atoms with Crippen LogP contribution in [0.15, 0.2) is 48.8 Å². The normalized spacial score (nSPS) is 12.5. The number of Topliss-reactive ketones (excluding diaryl/α,β-unsaturated/α-hetero) is 1. The maximum atomic E-state index is 12.1. The smallest absolute Gasteiger partial charge is 0.141 e. The summed E-state index contributed by atoms with van der Waals surface area (Å²) in [4.78, 5) is 19.4. The Kier molecular flexibility index (Phi) is 2.88. The molecule has 3 heteroatoms. The number of benzene rings is 1. The molecule has 93 valence electrons. The number of ketones is 1. The van der Waals surface area contributed by atoms with Gasteiger partial charge in [0.2, 0.25) is 0 Å². The lowest BCUT2D eigenvalue weighted by Crippen LogP contribution is -2.11. The molecule has 3 rings (SSSR count). The number of aromatic nitrogens is 2. The number of hydrogen-bond donors (Lipinski definition) is 1. The molecule has 0 aliphatic carbocycles. The molecule has 0 fully saturated rings. The highest BCUT2D eigenvalue weighted by Crippen LogP contribution is 2.30. The van der Waals surface area contributed by atoms with Crippen molar-refractivity contribution in [1.82, 2.24) is 9.97 Å². The van der Waals surface area contributed by atoms with Crippen molar-refractivity contribution in [2.24, 2.45) is 0 Å². The first-order valence-electron chi connectivity index (χ1n) is 6.16. The maximum absolute atomic E-state index is 12.1. The molecule has 1 N–H and O–H groups in total. The number of carbonyl (C=O) groups excluding carboxylic acids is 1. The number of fused-ring (bicyclic) bond motifs is 1. The maximum Gasteiger partial charge on any atom is 0.141 e. The predicted molar refractivity (Wildman–Crippen MR) is 73.9 cm³/mol. The fourth-order valence-electron chi connectivity index (χ4n) is 2.46. The molecule has 2 aromatic heterocycles. The molecule has 0 spiro atoms. The van der Waals surface area contributed by atoms with Crippen LogP contribution in [0, 0.1) is 6.07 Å². The molecule has 0 saturated carbocycles. The van der Waals surface area contributed by atoms with Crippen LogP contribution in [0.3, 0.4) is 0 Å². The van der Waals surface area contributed by atoms with Crippen LogP contribution in [-0.2, 0) is 4.79 Å². The highest BCUT2D eigenvalue weighted by molar-refractivity contribution is 5.92. The monoisotopic (exact) mass is 249 g/mol. The molecule has 3 aromatic rings. The molecule has 1 aromatic carbocycles. The first-order chi connectivity index (χ1) is 9.27. The highest BCUT2D eigenvalue weighted by atomic mass is 16.1. The van der Waals surface area contributed by atoms with Crippen LogP contribution < -0.4 is 0 Å². The summed E-state index contributed by atoms with van der Waals surface area (Å²) in [6, 6.07) is 14.4. The fraction of sp³-hybridized carbons (Fsp3) is 0.125. The molecular formula is C16H13N2O. The third-order valence-electron chi connectivity index (χ3n) is 3.29. The molecule has 0 aliphatic rings. The second-order valence-corrected chi connectivity index (χ2v) is 4.52. The lowest BCUT2D eigenvalue weighted by atomic mass is 9.87. The third kappa shape index (κ3) is 2.03. The second-order valence-electron chi connectivity index (χ2n) is 4.52. The van der Waals surface area contributed by atoms with Crippen molar-refractivity contribution >= 4 is 16.8 Å². The van der Waals surface area contributed by atoms with Crippen molar-refractivity contribution in [2.75, 3.05) is 0 Å². The summed E-state index contributed by atoms with van der Waals surface area (Å²) in [6.45, 7) is 1.63. The quantitative estimate of drug-likeness (QED) is 0.775. The van der Waals surface area contributed by atoms with Gasteiger partial charge in [0.25, 0.3) is 0 Å².